The van der Waals surface area contributed by atoms with Crippen LogP contribution in [0.5, 0.6) is 5.75 Å². The van der Waals surface area contributed by atoms with Crippen molar-refractivity contribution < 1.29 is 4.74 Å². The Morgan fingerprint density at radius 1 is 1.07 bits per heavy atom. The van der Waals surface area contributed by atoms with E-state index in [0.29, 0.717) is 12.0 Å². The molecule has 1 saturated carbocycles. The second-order valence-electron chi connectivity index (χ2n) is 7.69. The molecule has 2 fully saturated rings. The number of likely N-dealkylation sites (N-methyl/N-ethyl adjacent to an activating group) is 1. The van der Waals surface area contributed by atoms with Gasteiger partial charge in [-0.05, 0) is 38.1 Å². The number of piperazine rings is 1. The zero-order valence-electron chi connectivity index (χ0n) is 16.8. The topological polar surface area (TPSA) is 65.6 Å². The predicted octanol–water partition coefficient (Wildman–Crippen LogP) is 3.34. The molecular weight excluding hydrogens is 352 g/mol. The van der Waals surface area contributed by atoms with Crippen molar-refractivity contribution in [2.24, 2.45) is 0 Å². The molecule has 1 saturated heterocycles. The third kappa shape index (κ3) is 4.47. The number of hydrogen-bond acceptors (Lipinski definition) is 7. The minimum Gasteiger partial charge on any atom is -0.494 e. The smallest absolute Gasteiger partial charge is 0.229 e. The average molecular weight is 383 g/mol. The molecule has 7 nitrogen and oxygen atoms in total. The summed E-state index contributed by atoms with van der Waals surface area (Å²) in [5.41, 5.74) is 2.06. The van der Waals surface area contributed by atoms with E-state index in [2.05, 4.69) is 49.6 Å². The van der Waals surface area contributed by atoms with Gasteiger partial charge in [0.2, 0.25) is 5.95 Å². The van der Waals surface area contributed by atoms with Gasteiger partial charge in [-0.25, -0.2) is 4.98 Å². The van der Waals surface area contributed by atoms with Gasteiger partial charge >= 0.3 is 0 Å². The lowest BCUT2D eigenvalue weighted by molar-refractivity contribution is 0.312. The number of benzene rings is 1. The number of rotatable bonds is 6. The summed E-state index contributed by atoms with van der Waals surface area (Å²) >= 11 is 0. The Kier molecular flexibility index (Phi) is 5.81. The molecule has 28 heavy (non-hydrogen) atoms. The van der Waals surface area contributed by atoms with E-state index in [1.54, 1.807) is 13.3 Å². The summed E-state index contributed by atoms with van der Waals surface area (Å²) in [5.74, 6) is 2.25. The molecule has 1 aliphatic heterocycles. The molecule has 150 valence electrons. The Hall–Kier alpha value is -2.54. The largest absolute Gasteiger partial charge is 0.494 e. The summed E-state index contributed by atoms with van der Waals surface area (Å²) in [7, 11) is 3.87. The number of anilines is 4. The second kappa shape index (κ2) is 8.65. The molecule has 0 spiro atoms. The molecule has 0 atom stereocenters. The molecule has 1 aromatic carbocycles. The molecule has 2 aromatic rings. The second-order valence-corrected chi connectivity index (χ2v) is 7.69. The molecule has 0 bridgehead atoms. The number of hydrogen-bond donors (Lipinski definition) is 2. The van der Waals surface area contributed by atoms with Gasteiger partial charge in [0.1, 0.15) is 11.6 Å². The minimum absolute atomic E-state index is 0.528. The Bertz CT molecular complexity index is 784. The molecule has 0 unspecified atom stereocenters. The Balaban J connectivity index is 1.46. The molecule has 2 aliphatic rings. The van der Waals surface area contributed by atoms with E-state index in [9.17, 15) is 0 Å². The van der Waals surface area contributed by atoms with Crippen molar-refractivity contribution in [2.75, 3.05) is 55.9 Å². The van der Waals surface area contributed by atoms with Gasteiger partial charge in [-0.1, -0.05) is 12.8 Å². The summed E-state index contributed by atoms with van der Waals surface area (Å²) in [4.78, 5) is 13.7. The molecule has 0 radical (unpaired) electrons. The summed E-state index contributed by atoms with van der Waals surface area (Å²) in [6.45, 7) is 4.22. The molecule has 7 heteroatoms. The molecular formula is C21H30N6O. The Labute approximate surface area is 167 Å². The van der Waals surface area contributed by atoms with Crippen molar-refractivity contribution in [3.05, 3.63) is 30.5 Å². The Morgan fingerprint density at radius 3 is 2.61 bits per heavy atom. The number of ether oxygens (including phenoxy) is 1. The van der Waals surface area contributed by atoms with Crippen LogP contribution in [0.4, 0.5) is 23.1 Å². The first kappa shape index (κ1) is 18.8. The number of nitrogens with zero attached hydrogens (tertiary/aromatic N) is 4. The first-order valence-electron chi connectivity index (χ1n) is 10.2. The van der Waals surface area contributed by atoms with E-state index < -0.39 is 0 Å². The fraction of sp³-hybridized carbons (Fsp3) is 0.524. The molecule has 2 heterocycles. The van der Waals surface area contributed by atoms with Crippen LogP contribution in [-0.4, -0.2) is 61.2 Å². The maximum Gasteiger partial charge on any atom is 0.229 e. The van der Waals surface area contributed by atoms with Crippen molar-refractivity contribution >= 4 is 23.1 Å². The molecule has 4 rings (SSSR count). The summed E-state index contributed by atoms with van der Waals surface area (Å²) in [5, 5.41) is 6.83. The minimum atomic E-state index is 0.528. The SMILES string of the molecule is COc1cc(N2CCN(C)CC2)ccc1Nc1nccc(NC2CCCC2)n1. The quantitative estimate of drug-likeness (QED) is 0.794. The number of aromatic nitrogens is 2. The molecule has 1 aliphatic carbocycles. The van der Waals surface area contributed by atoms with E-state index in [4.69, 9.17) is 4.74 Å². The monoisotopic (exact) mass is 382 g/mol. The fourth-order valence-electron chi connectivity index (χ4n) is 3.94. The maximum atomic E-state index is 5.64. The first-order chi connectivity index (χ1) is 13.7. The van der Waals surface area contributed by atoms with E-state index in [0.717, 1.165) is 43.4 Å². The number of methoxy groups -OCH3 is 1. The van der Waals surface area contributed by atoms with E-state index in [1.807, 2.05) is 12.1 Å². The van der Waals surface area contributed by atoms with Crippen LogP contribution < -0.4 is 20.3 Å². The van der Waals surface area contributed by atoms with Crippen LogP contribution in [0.2, 0.25) is 0 Å². The summed E-state index contributed by atoms with van der Waals surface area (Å²) in [6.07, 6.45) is 6.82. The molecule has 0 amide bonds. The summed E-state index contributed by atoms with van der Waals surface area (Å²) < 4.78 is 5.64. The van der Waals surface area contributed by atoms with E-state index in [-0.39, 0.29) is 0 Å². The van der Waals surface area contributed by atoms with Gasteiger partial charge in [0.05, 0.1) is 12.8 Å². The highest BCUT2D eigenvalue weighted by atomic mass is 16.5. The third-order valence-electron chi connectivity index (χ3n) is 5.66. The lowest BCUT2D eigenvalue weighted by Crippen LogP contribution is -2.44. The zero-order valence-corrected chi connectivity index (χ0v) is 16.8. The lowest BCUT2D eigenvalue weighted by atomic mass is 10.2. The third-order valence-corrected chi connectivity index (χ3v) is 5.66. The molecule has 2 N–H and O–H groups in total. The van der Waals surface area contributed by atoms with Crippen LogP contribution >= 0.6 is 0 Å². The highest BCUT2D eigenvalue weighted by Crippen LogP contribution is 2.32. The van der Waals surface area contributed by atoms with Crippen molar-refractivity contribution in [1.29, 1.82) is 0 Å². The normalized spacial score (nSPS) is 18.3. The molecule has 1 aromatic heterocycles. The predicted molar refractivity (Wildman–Crippen MR) is 114 cm³/mol. The highest BCUT2D eigenvalue weighted by molar-refractivity contribution is 5.68. The highest BCUT2D eigenvalue weighted by Gasteiger charge is 2.17. The van der Waals surface area contributed by atoms with Gasteiger partial charge in [0.25, 0.3) is 0 Å². The van der Waals surface area contributed by atoms with Crippen LogP contribution in [0.3, 0.4) is 0 Å². The van der Waals surface area contributed by atoms with Gasteiger partial charge in [-0.15, -0.1) is 0 Å². The van der Waals surface area contributed by atoms with Crippen LogP contribution in [-0.2, 0) is 0 Å². The van der Waals surface area contributed by atoms with Gasteiger partial charge in [0, 0.05) is 50.2 Å². The van der Waals surface area contributed by atoms with Crippen LogP contribution in [0.1, 0.15) is 25.7 Å². The van der Waals surface area contributed by atoms with Gasteiger partial charge in [-0.3, -0.25) is 0 Å². The lowest BCUT2D eigenvalue weighted by Gasteiger charge is -2.34. The van der Waals surface area contributed by atoms with Gasteiger partial charge < -0.3 is 25.2 Å². The number of nitrogens with one attached hydrogen (secondary N) is 2. The van der Waals surface area contributed by atoms with Crippen molar-refractivity contribution in [2.45, 2.75) is 31.7 Å². The standard InChI is InChI=1S/C21H30N6O/c1-26-11-13-27(14-12-26)17-7-8-18(19(15-17)28-2)24-21-22-10-9-20(25-21)23-16-5-3-4-6-16/h7-10,15-16H,3-6,11-14H2,1-2H3,(H2,22,23,24,25). The fourth-order valence-corrected chi connectivity index (χ4v) is 3.94. The van der Waals surface area contributed by atoms with Crippen molar-refractivity contribution in [1.82, 2.24) is 14.9 Å². The average Bonchev–Trinajstić information content (AvgIpc) is 3.22. The Morgan fingerprint density at radius 2 is 1.86 bits per heavy atom. The van der Waals surface area contributed by atoms with Crippen LogP contribution in [0, 0.1) is 0 Å². The zero-order chi connectivity index (χ0) is 19.3. The summed E-state index contributed by atoms with van der Waals surface area (Å²) in [6, 6.07) is 8.73. The first-order valence-corrected chi connectivity index (χ1v) is 10.2. The van der Waals surface area contributed by atoms with E-state index >= 15 is 0 Å². The van der Waals surface area contributed by atoms with Gasteiger partial charge in [0.15, 0.2) is 0 Å². The maximum absolute atomic E-state index is 5.64. The van der Waals surface area contributed by atoms with Crippen LogP contribution in [0.15, 0.2) is 30.5 Å². The van der Waals surface area contributed by atoms with Crippen molar-refractivity contribution in [3.8, 4) is 5.75 Å². The van der Waals surface area contributed by atoms with Gasteiger partial charge in [-0.2, -0.15) is 4.98 Å². The van der Waals surface area contributed by atoms with Crippen molar-refractivity contribution in [3.63, 3.8) is 0 Å². The van der Waals surface area contributed by atoms with Crippen LogP contribution in [0.25, 0.3) is 0 Å². The van der Waals surface area contributed by atoms with E-state index in [1.165, 1.54) is 31.4 Å².